The van der Waals surface area contributed by atoms with Gasteiger partial charge in [-0.2, -0.15) is 0 Å². The van der Waals surface area contributed by atoms with Crippen molar-refractivity contribution in [2.75, 3.05) is 6.54 Å². The molecular formula is C11H12FNO2S. The monoisotopic (exact) mass is 241 g/mol. The van der Waals surface area contributed by atoms with Gasteiger partial charge in [0.25, 0.3) is 0 Å². The van der Waals surface area contributed by atoms with Gasteiger partial charge in [0.05, 0.1) is 5.75 Å². The quantitative estimate of drug-likeness (QED) is 0.623. The molecule has 0 aliphatic rings. The SMILES string of the molecule is C#CCCNS(=O)(=O)Cc1ccc(F)cc1. The third-order valence-electron chi connectivity index (χ3n) is 1.86. The summed E-state index contributed by atoms with van der Waals surface area (Å²) in [6.07, 6.45) is 5.35. The first-order chi connectivity index (χ1) is 7.53. The molecule has 0 saturated carbocycles. The third kappa shape index (κ3) is 4.43. The van der Waals surface area contributed by atoms with Gasteiger partial charge in [0.15, 0.2) is 0 Å². The zero-order chi connectivity index (χ0) is 12.0. The summed E-state index contributed by atoms with van der Waals surface area (Å²) in [5.41, 5.74) is 0.537. The van der Waals surface area contributed by atoms with Crippen molar-refractivity contribution in [1.29, 1.82) is 0 Å². The van der Waals surface area contributed by atoms with Crippen LogP contribution in [-0.2, 0) is 15.8 Å². The van der Waals surface area contributed by atoms with Gasteiger partial charge in [-0.3, -0.25) is 0 Å². The van der Waals surface area contributed by atoms with Crippen LogP contribution in [-0.4, -0.2) is 15.0 Å². The largest absolute Gasteiger partial charge is 0.215 e. The predicted octanol–water partition coefficient (Wildman–Crippen LogP) is 1.27. The summed E-state index contributed by atoms with van der Waals surface area (Å²) in [4.78, 5) is 0. The van der Waals surface area contributed by atoms with E-state index in [2.05, 4.69) is 10.6 Å². The Kier molecular flexibility index (Phi) is 4.47. The van der Waals surface area contributed by atoms with Crippen molar-refractivity contribution in [2.45, 2.75) is 12.2 Å². The molecule has 0 aliphatic heterocycles. The van der Waals surface area contributed by atoms with Crippen LogP contribution in [0.5, 0.6) is 0 Å². The van der Waals surface area contributed by atoms with E-state index in [1.54, 1.807) is 0 Å². The molecule has 0 heterocycles. The van der Waals surface area contributed by atoms with Gasteiger partial charge in [-0.25, -0.2) is 17.5 Å². The van der Waals surface area contributed by atoms with Crippen LogP contribution in [0.4, 0.5) is 4.39 Å². The number of halogens is 1. The topological polar surface area (TPSA) is 46.2 Å². The summed E-state index contributed by atoms with van der Waals surface area (Å²) >= 11 is 0. The normalized spacial score (nSPS) is 11.0. The molecule has 0 atom stereocenters. The summed E-state index contributed by atoms with van der Waals surface area (Å²) in [6.45, 7) is 0.222. The first kappa shape index (κ1) is 12.7. The van der Waals surface area contributed by atoms with Gasteiger partial charge in [0, 0.05) is 13.0 Å². The summed E-state index contributed by atoms with van der Waals surface area (Å²) in [7, 11) is -3.39. The fraction of sp³-hybridized carbons (Fsp3) is 0.273. The number of sulfonamides is 1. The fourth-order valence-electron chi connectivity index (χ4n) is 1.13. The van der Waals surface area contributed by atoms with Crippen LogP contribution < -0.4 is 4.72 Å². The molecule has 0 saturated heterocycles. The average molecular weight is 241 g/mol. The van der Waals surface area contributed by atoms with Gasteiger partial charge < -0.3 is 0 Å². The Balaban J connectivity index is 2.59. The Morgan fingerprint density at radius 2 is 1.94 bits per heavy atom. The van der Waals surface area contributed by atoms with Crippen molar-refractivity contribution in [3.8, 4) is 12.3 Å². The molecule has 0 fully saturated rings. The number of nitrogens with one attached hydrogen (secondary N) is 1. The van der Waals surface area contributed by atoms with E-state index in [1.807, 2.05) is 0 Å². The summed E-state index contributed by atoms with van der Waals surface area (Å²) in [5.74, 6) is 1.78. The number of benzene rings is 1. The van der Waals surface area contributed by atoms with Gasteiger partial charge in [0.2, 0.25) is 10.0 Å². The molecule has 3 nitrogen and oxygen atoms in total. The summed E-state index contributed by atoms with van der Waals surface area (Å²) < 4.78 is 37.9. The van der Waals surface area contributed by atoms with Gasteiger partial charge in [0.1, 0.15) is 5.82 Å². The molecule has 1 rings (SSSR count). The maximum Gasteiger partial charge on any atom is 0.215 e. The van der Waals surface area contributed by atoms with E-state index in [0.29, 0.717) is 12.0 Å². The van der Waals surface area contributed by atoms with Crippen LogP contribution in [0, 0.1) is 18.2 Å². The first-order valence-electron chi connectivity index (χ1n) is 4.69. The van der Waals surface area contributed by atoms with Crippen LogP contribution in [0.3, 0.4) is 0 Å². The molecule has 1 aromatic carbocycles. The highest BCUT2D eigenvalue weighted by molar-refractivity contribution is 7.88. The number of hydrogen-bond acceptors (Lipinski definition) is 2. The smallest absolute Gasteiger partial charge is 0.214 e. The minimum Gasteiger partial charge on any atom is -0.214 e. The van der Waals surface area contributed by atoms with Gasteiger partial charge in [-0.05, 0) is 17.7 Å². The molecule has 0 unspecified atom stereocenters. The Labute approximate surface area is 94.7 Å². The molecule has 0 radical (unpaired) electrons. The molecule has 1 N–H and O–H groups in total. The molecule has 1 aromatic rings. The van der Waals surface area contributed by atoms with Crippen molar-refractivity contribution < 1.29 is 12.8 Å². The van der Waals surface area contributed by atoms with Crippen LogP contribution >= 0.6 is 0 Å². The van der Waals surface area contributed by atoms with Crippen LogP contribution in [0.1, 0.15) is 12.0 Å². The minimum absolute atomic E-state index is 0.169. The first-order valence-corrected chi connectivity index (χ1v) is 6.34. The zero-order valence-corrected chi connectivity index (χ0v) is 9.43. The second-order valence-corrected chi connectivity index (χ2v) is 5.04. The lowest BCUT2D eigenvalue weighted by Crippen LogP contribution is -2.25. The molecule has 0 amide bonds. The Morgan fingerprint density at radius 3 is 2.50 bits per heavy atom. The molecule has 0 spiro atoms. The lowest BCUT2D eigenvalue weighted by molar-refractivity contribution is 0.581. The molecule has 0 bridgehead atoms. The lowest BCUT2D eigenvalue weighted by atomic mass is 10.2. The Hall–Kier alpha value is -1.38. The molecule has 86 valence electrons. The molecular weight excluding hydrogens is 229 g/mol. The van der Waals surface area contributed by atoms with Crippen LogP contribution in [0.15, 0.2) is 24.3 Å². The van der Waals surface area contributed by atoms with Gasteiger partial charge >= 0.3 is 0 Å². The average Bonchev–Trinajstić information content (AvgIpc) is 2.21. The van der Waals surface area contributed by atoms with E-state index in [4.69, 9.17) is 6.42 Å². The van der Waals surface area contributed by atoms with Crippen molar-refractivity contribution in [3.63, 3.8) is 0 Å². The standard InChI is InChI=1S/C11H12FNO2S/c1-2-3-8-13-16(14,15)9-10-4-6-11(12)7-5-10/h1,4-7,13H,3,8-9H2. The molecule has 16 heavy (non-hydrogen) atoms. The maximum absolute atomic E-state index is 12.6. The number of terminal acetylenes is 1. The highest BCUT2D eigenvalue weighted by Gasteiger charge is 2.10. The number of hydrogen-bond donors (Lipinski definition) is 1. The molecule has 0 aliphatic carbocycles. The van der Waals surface area contributed by atoms with E-state index in [9.17, 15) is 12.8 Å². The molecule has 5 heteroatoms. The van der Waals surface area contributed by atoms with E-state index >= 15 is 0 Å². The van der Waals surface area contributed by atoms with Crippen molar-refractivity contribution in [2.24, 2.45) is 0 Å². The second-order valence-electron chi connectivity index (χ2n) is 3.23. The van der Waals surface area contributed by atoms with Gasteiger partial charge in [-0.15, -0.1) is 12.3 Å². The highest BCUT2D eigenvalue weighted by Crippen LogP contribution is 2.06. The summed E-state index contributed by atoms with van der Waals surface area (Å²) in [5, 5.41) is 0. The highest BCUT2D eigenvalue weighted by atomic mass is 32.2. The van der Waals surface area contributed by atoms with Crippen LogP contribution in [0.25, 0.3) is 0 Å². The summed E-state index contributed by atoms with van der Waals surface area (Å²) in [6, 6.07) is 5.34. The van der Waals surface area contributed by atoms with Crippen molar-refractivity contribution in [3.05, 3.63) is 35.6 Å². The fourth-order valence-corrected chi connectivity index (χ4v) is 2.28. The van der Waals surface area contributed by atoms with E-state index in [-0.39, 0.29) is 18.1 Å². The van der Waals surface area contributed by atoms with Crippen LogP contribution in [0.2, 0.25) is 0 Å². The van der Waals surface area contributed by atoms with Gasteiger partial charge in [-0.1, -0.05) is 12.1 Å². The van der Waals surface area contributed by atoms with E-state index < -0.39 is 10.0 Å². The Bertz CT molecular complexity index is 474. The minimum atomic E-state index is -3.39. The molecule has 0 aromatic heterocycles. The maximum atomic E-state index is 12.6. The second kappa shape index (κ2) is 5.64. The van der Waals surface area contributed by atoms with Crippen molar-refractivity contribution >= 4 is 10.0 Å². The predicted molar refractivity (Wildman–Crippen MR) is 60.5 cm³/mol. The zero-order valence-electron chi connectivity index (χ0n) is 8.61. The van der Waals surface area contributed by atoms with E-state index in [0.717, 1.165) is 0 Å². The van der Waals surface area contributed by atoms with Crippen molar-refractivity contribution in [1.82, 2.24) is 4.72 Å². The lowest BCUT2D eigenvalue weighted by Gasteiger charge is -2.04. The number of rotatable bonds is 5. The third-order valence-corrected chi connectivity index (χ3v) is 3.22. The van der Waals surface area contributed by atoms with E-state index in [1.165, 1.54) is 24.3 Å². The Morgan fingerprint density at radius 1 is 1.31 bits per heavy atom.